The number of anilines is 1. The smallest absolute Gasteiger partial charge is 0.403 e. The summed E-state index contributed by atoms with van der Waals surface area (Å²) in [4.78, 5) is 15.0. The van der Waals surface area contributed by atoms with Crippen molar-refractivity contribution in [3.05, 3.63) is 59.1 Å². The Morgan fingerprint density at radius 3 is 2.50 bits per heavy atom. The first-order chi connectivity index (χ1) is 15.4. The number of ether oxygens (including phenoxy) is 1. The first-order valence-electron chi connectivity index (χ1n) is 11.0. The summed E-state index contributed by atoms with van der Waals surface area (Å²) in [7, 11) is -3.74. The van der Waals surface area contributed by atoms with Gasteiger partial charge in [-0.25, -0.2) is 8.42 Å². The van der Waals surface area contributed by atoms with Crippen molar-refractivity contribution in [2.45, 2.75) is 69.1 Å². The van der Waals surface area contributed by atoms with Gasteiger partial charge < -0.3 is 10.1 Å². The van der Waals surface area contributed by atoms with Gasteiger partial charge in [0.1, 0.15) is 6.61 Å². The molecule has 0 aliphatic rings. The normalized spacial score (nSPS) is 12.0. The Morgan fingerprint density at radius 2 is 1.81 bits per heavy atom. The summed E-state index contributed by atoms with van der Waals surface area (Å²) in [5.74, 6) is -0.429. The Labute approximate surface area is 190 Å². The van der Waals surface area contributed by atoms with Crippen molar-refractivity contribution >= 4 is 27.2 Å². The molecule has 0 bridgehead atoms. The van der Waals surface area contributed by atoms with Crippen molar-refractivity contribution in [3.8, 4) is 0 Å². The van der Waals surface area contributed by atoms with Gasteiger partial charge in [-0.15, -0.1) is 0 Å². The van der Waals surface area contributed by atoms with Gasteiger partial charge in [-0.2, -0.15) is 0 Å². The fourth-order valence-electron chi connectivity index (χ4n) is 3.30. The number of diazo groups is 1. The van der Waals surface area contributed by atoms with Crippen molar-refractivity contribution in [1.29, 1.82) is 5.39 Å². The second-order valence-electron chi connectivity index (χ2n) is 7.92. The van der Waals surface area contributed by atoms with Crippen LogP contribution >= 0.6 is 0 Å². The highest BCUT2D eigenvalue weighted by Crippen LogP contribution is 2.30. The highest BCUT2D eigenvalue weighted by Gasteiger charge is 2.27. The van der Waals surface area contributed by atoms with Crippen LogP contribution in [0.2, 0.25) is 0 Å². The highest BCUT2D eigenvalue weighted by molar-refractivity contribution is 7.90. The molecule has 0 radical (unpaired) electrons. The first-order valence-corrected chi connectivity index (χ1v) is 12.7. The van der Waals surface area contributed by atoms with Gasteiger partial charge in [-0.3, -0.25) is 4.79 Å². The first kappa shape index (κ1) is 25.3. The fraction of sp³-hybridized carbons (Fsp3) is 0.458. The summed E-state index contributed by atoms with van der Waals surface area (Å²) >= 11 is 0. The second kappa shape index (κ2) is 12.8. The van der Waals surface area contributed by atoms with Crippen LogP contribution in [0.25, 0.3) is 4.98 Å². The molecular weight excluding hydrogens is 426 g/mol. The third-order valence-corrected chi connectivity index (χ3v) is 6.70. The van der Waals surface area contributed by atoms with Gasteiger partial charge in [-0.05, 0) is 31.0 Å². The van der Waals surface area contributed by atoms with Crippen LogP contribution in [0.15, 0.2) is 53.4 Å². The van der Waals surface area contributed by atoms with E-state index in [9.17, 15) is 18.6 Å². The Hall–Kier alpha value is -2.92. The van der Waals surface area contributed by atoms with Crippen LogP contribution in [0.4, 0.5) is 11.4 Å². The summed E-state index contributed by atoms with van der Waals surface area (Å²) in [6, 6.07) is 13.1. The van der Waals surface area contributed by atoms with E-state index >= 15 is 0 Å². The minimum atomic E-state index is -3.74. The van der Waals surface area contributed by atoms with E-state index in [1.165, 1.54) is 18.6 Å². The molecule has 0 aromatic heterocycles. The van der Waals surface area contributed by atoms with E-state index in [0.29, 0.717) is 17.7 Å². The van der Waals surface area contributed by atoms with Gasteiger partial charge in [-0.1, -0.05) is 62.9 Å². The topological polar surface area (TPSA) is 101 Å². The molecule has 0 amide bonds. The molecule has 172 valence electrons. The molecule has 0 saturated carbocycles. The second-order valence-corrected chi connectivity index (χ2v) is 9.88. The lowest BCUT2D eigenvalue weighted by Gasteiger charge is -2.16. The molecule has 2 aromatic rings. The number of unbranched alkanes of at least 4 members (excludes halogenated alkanes) is 4. The van der Waals surface area contributed by atoms with Crippen molar-refractivity contribution in [1.82, 2.24) is 0 Å². The summed E-state index contributed by atoms with van der Waals surface area (Å²) < 4.78 is 31.2. The van der Waals surface area contributed by atoms with Crippen molar-refractivity contribution in [2.75, 3.05) is 11.9 Å². The third-order valence-electron chi connectivity index (χ3n) is 4.99. The summed E-state index contributed by atoms with van der Waals surface area (Å²) in [5.41, 5.74) is 1.16. The highest BCUT2D eigenvalue weighted by atomic mass is 32.2. The van der Waals surface area contributed by atoms with Crippen LogP contribution in [-0.2, 0) is 25.1 Å². The number of rotatable bonds is 13. The lowest BCUT2D eigenvalue weighted by atomic mass is 10.1. The van der Waals surface area contributed by atoms with E-state index in [0.717, 1.165) is 25.7 Å². The van der Waals surface area contributed by atoms with Gasteiger partial charge in [0.25, 0.3) is 0 Å². The molecule has 0 aliphatic heterocycles. The monoisotopic (exact) mass is 458 g/mol. The Kier molecular flexibility index (Phi) is 10.2. The molecule has 8 heteroatoms. The van der Waals surface area contributed by atoms with Crippen LogP contribution in [0.1, 0.15) is 57.9 Å². The molecule has 7 nitrogen and oxygen atoms in total. The average Bonchev–Trinajstić information content (AvgIpc) is 2.78. The maximum Gasteiger partial charge on any atom is 0.403 e. The number of sulfone groups is 1. The minimum absolute atomic E-state index is 0.0198. The zero-order valence-electron chi connectivity index (χ0n) is 18.8. The largest absolute Gasteiger partial charge is 0.464 e. The summed E-state index contributed by atoms with van der Waals surface area (Å²) in [6.45, 7) is 4.17. The molecule has 1 N–H and O–H groups in total. The molecule has 2 aromatic carbocycles. The lowest BCUT2D eigenvalue weighted by molar-refractivity contribution is -0.144. The van der Waals surface area contributed by atoms with Crippen molar-refractivity contribution in [2.24, 2.45) is 0 Å². The number of benzene rings is 2. The molecule has 32 heavy (non-hydrogen) atoms. The number of hydrogen-bond donors (Lipinski definition) is 1. The number of hydrogen-bond acceptors (Lipinski definition) is 6. The van der Waals surface area contributed by atoms with E-state index in [1.807, 2.05) is 13.0 Å². The maximum absolute atomic E-state index is 12.9. The Bertz CT molecular complexity index is 1020. The quantitative estimate of drug-likeness (QED) is 0.230. The average molecular weight is 459 g/mol. The predicted molar refractivity (Wildman–Crippen MR) is 126 cm³/mol. The standard InChI is InChI=1S/C24H32N3O4S/c1-3-4-5-6-10-13-24(28)31-17-19(2)26-21-14-15-22(27-25)23(16-21)32(29,30)18-20-11-8-7-9-12-20/h7-9,11-12,14-16,19,26H,3-6,10,13,17-18H2,1-2H3/q+1. The number of carbonyl (C=O) groups excluding carboxylic acids is 1. The van der Waals surface area contributed by atoms with Crippen LogP contribution < -0.4 is 5.32 Å². The molecule has 0 aliphatic carbocycles. The lowest BCUT2D eigenvalue weighted by Crippen LogP contribution is -2.23. The van der Waals surface area contributed by atoms with Gasteiger partial charge in [0.2, 0.25) is 5.39 Å². The van der Waals surface area contributed by atoms with Crippen LogP contribution in [0.5, 0.6) is 0 Å². The SMILES string of the molecule is CCCCCCCC(=O)OCC(C)Nc1ccc([N+]#N)c(S(=O)(=O)Cc2ccccc2)c1. The Balaban J connectivity index is 1.96. The van der Waals surface area contributed by atoms with Gasteiger partial charge >= 0.3 is 11.7 Å². The minimum Gasteiger partial charge on any atom is -0.464 e. The van der Waals surface area contributed by atoms with E-state index < -0.39 is 9.84 Å². The number of nitrogens with zero attached hydrogens (tertiary/aromatic N) is 2. The van der Waals surface area contributed by atoms with E-state index in [-0.39, 0.29) is 35.0 Å². The number of esters is 1. The summed E-state index contributed by atoms with van der Waals surface area (Å²) in [6.07, 6.45) is 5.74. The molecular formula is C24H32N3O4S+. The third kappa shape index (κ3) is 8.31. The van der Waals surface area contributed by atoms with E-state index in [4.69, 9.17) is 4.74 Å². The van der Waals surface area contributed by atoms with E-state index in [2.05, 4.69) is 17.2 Å². The molecule has 0 heterocycles. The van der Waals surface area contributed by atoms with E-state index in [1.54, 1.807) is 30.3 Å². The van der Waals surface area contributed by atoms with Gasteiger partial charge in [0.05, 0.1) is 11.8 Å². The molecule has 0 fully saturated rings. The fourth-order valence-corrected chi connectivity index (χ4v) is 4.82. The van der Waals surface area contributed by atoms with Crippen LogP contribution in [0.3, 0.4) is 0 Å². The number of carbonyl (C=O) groups is 1. The maximum atomic E-state index is 12.9. The molecule has 0 saturated heterocycles. The Morgan fingerprint density at radius 1 is 1.09 bits per heavy atom. The molecule has 0 spiro atoms. The zero-order valence-corrected chi connectivity index (χ0v) is 19.6. The van der Waals surface area contributed by atoms with Crippen LogP contribution in [0, 0.1) is 5.39 Å². The van der Waals surface area contributed by atoms with Gasteiger partial charge in [0.15, 0.2) is 19.7 Å². The zero-order chi connectivity index (χ0) is 23.4. The van der Waals surface area contributed by atoms with Crippen molar-refractivity contribution < 1.29 is 17.9 Å². The molecule has 1 unspecified atom stereocenters. The predicted octanol–water partition coefficient (Wildman–Crippen LogP) is 5.85. The van der Waals surface area contributed by atoms with Crippen molar-refractivity contribution in [3.63, 3.8) is 0 Å². The molecule has 1 atom stereocenters. The molecule has 2 rings (SSSR count). The number of nitrogens with one attached hydrogen (secondary N) is 1. The van der Waals surface area contributed by atoms with Gasteiger partial charge in [0, 0.05) is 18.2 Å². The summed E-state index contributed by atoms with van der Waals surface area (Å²) in [5, 5.41) is 12.4. The van der Waals surface area contributed by atoms with Crippen LogP contribution in [-0.4, -0.2) is 27.0 Å².